The summed E-state index contributed by atoms with van der Waals surface area (Å²) in [6, 6.07) is 15.2. The maximum Gasteiger partial charge on any atom is 0.313 e. The van der Waals surface area contributed by atoms with Gasteiger partial charge in [0.25, 0.3) is 0 Å². The lowest BCUT2D eigenvalue weighted by atomic mass is 10.1. The van der Waals surface area contributed by atoms with E-state index in [-0.39, 0.29) is 0 Å². The molecule has 0 radical (unpaired) electrons. The number of carbonyl (C=O) groups excluding carboxylic acids is 2. The summed E-state index contributed by atoms with van der Waals surface area (Å²) in [5, 5.41) is 5.19. The Hall–Kier alpha value is -2.14. The Labute approximate surface area is 138 Å². The van der Waals surface area contributed by atoms with E-state index in [1.807, 2.05) is 43.3 Å². The van der Waals surface area contributed by atoms with Crippen LogP contribution in [-0.2, 0) is 16.0 Å². The highest BCUT2D eigenvalue weighted by atomic mass is 79.9. The fraction of sp³-hybridized carbons (Fsp3) is 0.176. The summed E-state index contributed by atoms with van der Waals surface area (Å²) < 4.78 is 0.884. The first-order chi connectivity index (χ1) is 10.6. The highest BCUT2D eigenvalue weighted by Gasteiger charge is 2.13. The summed E-state index contributed by atoms with van der Waals surface area (Å²) in [7, 11) is 0. The molecule has 0 fully saturated rings. The second kappa shape index (κ2) is 7.75. The van der Waals surface area contributed by atoms with Crippen LogP contribution in [0.3, 0.4) is 0 Å². The molecule has 0 aliphatic heterocycles. The molecule has 2 amide bonds. The molecular formula is C17H17BrN2O2. The lowest BCUT2D eigenvalue weighted by Gasteiger charge is -2.08. The number of amides is 2. The number of benzene rings is 2. The van der Waals surface area contributed by atoms with E-state index in [0.717, 1.165) is 15.6 Å². The summed E-state index contributed by atoms with van der Waals surface area (Å²) >= 11 is 3.39. The molecule has 5 heteroatoms. The topological polar surface area (TPSA) is 58.2 Å². The van der Waals surface area contributed by atoms with Gasteiger partial charge in [0.1, 0.15) is 0 Å². The van der Waals surface area contributed by atoms with Gasteiger partial charge in [-0.1, -0.05) is 52.3 Å². The Morgan fingerprint density at radius 3 is 2.45 bits per heavy atom. The van der Waals surface area contributed by atoms with Crippen molar-refractivity contribution in [2.75, 3.05) is 11.9 Å². The zero-order chi connectivity index (χ0) is 15.9. The Kier molecular flexibility index (Phi) is 5.72. The van der Waals surface area contributed by atoms with Crippen molar-refractivity contribution in [2.24, 2.45) is 0 Å². The number of nitrogens with one attached hydrogen (secondary N) is 2. The van der Waals surface area contributed by atoms with Gasteiger partial charge in [-0.15, -0.1) is 0 Å². The number of anilines is 1. The number of hydrogen-bond donors (Lipinski definition) is 2. The van der Waals surface area contributed by atoms with E-state index < -0.39 is 11.8 Å². The van der Waals surface area contributed by atoms with E-state index in [1.54, 1.807) is 12.1 Å². The fourth-order valence-electron chi connectivity index (χ4n) is 1.90. The minimum atomic E-state index is -0.663. The number of aryl methyl sites for hydroxylation is 1. The molecule has 114 valence electrons. The predicted octanol–water partition coefficient (Wildman–Crippen LogP) is 3.05. The van der Waals surface area contributed by atoms with E-state index >= 15 is 0 Å². The number of hydrogen-bond acceptors (Lipinski definition) is 2. The van der Waals surface area contributed by atoms with Crippen LogP contribution in [0.1, 0.15) is 11.1 Å². The largest absolute Gasteiger partial charge is 0.347 e. The van der Waals surface area contributed by atoms with Gasteiger partial charge in [0.2, 0.25) is 0 Å². The van der Waals surface area contributed by atoms with Crippen molar-refractivity contribution in [3.8, 4) is 0 Å². The summed E-state index contributed by atoms with van der Waals surface area (Å²) in [5.41, 5.74) is 2.76. The Bertz CT molecular complexity index is 672. The van der Waals surface area contributed by atoms with Crippen LogP contribution >= 0.6 is 15.9 Å². The molecule has 0 saturated carbocycles. The molecule has 0 aliphatic rings. The van der Waals surface area contributed by atoms with Crippen LogP contribution < -0.4 is 10.6 Å². The summed E-state index contributed by atoms with van der Waals surface area (Å²) in [5.74, 6) is -1.29. The molecule has 2 aromatic carbocycles. The van der Waals surface area contributed by atoms with Crippen molar-refractivity contribution in [2.45, 2.75) is 13.3 Å². The average molecular weight is 361 g/mol. The van der Waals surface area contributed by atoms with Crippen LogP contribution in [0.2, 0.25) is 0 Å². The van der Waals surface area contributed by atoms with Gasteiger partial charge in [-0.25, -0.2) is 0 Å². The lowest BCUT2D eigenvalue weighted by molar-refractivity contribution is -0.136. The third-order valence-electron chi connectivity index (χ3n) is 3.18. The molecule has 0 heterocycles. The number of halogens is 1. The maximum atomic E-state index is 11.8. The Balaban J connectivity index is 1.82. The normalized spacial score (nSPS) is 10.1. The second-order valence-electron chi connectivity index (χ2n) is 4.91. The van der Waals surface area contributed by atoms with Crippen LogP contribution in [0.15, 0.2) is 53.0 Å². The lowest BCUT2D eigenvalue weighted by Crippen LogP contribution is -2.36. The van der Waals surface area contributed by atoms with Crippen molar-refractivity contribution >= 4 is 33.4 Å². The molecule has 0 unspecified atom stereocenters. The average Bonchev–Trinajstić information content (AvgIpc) is 2.52. The minimum Gasteiger partial charge on any atom is -0.347 e. The van der Waals surface area contributed by atoms with E-state index in [9.17, 15) is 9.59 Å². The highest BCUT2D eigenvalue weighted by molar-refractivity contribution is 9.10. The maximum absolute atomic E-state index is 11.8. The van der Waals surface area contributed by atoms with Crippen molar-refractivity contribution in [1.82, 2.24) is 5.32 Å². The number of carbonyl (C=O) groups is 2. The van der Waals surface area contributed by atoms with Gasteiger partial charge >= 0.3 is 11.8 Å². The van der Waals surface area contributed by atoms with Gasteiger partial charge in [-0.3, -0.25) is 9.59 Å². The molecule has 2 N–H and O–H groups in total. The molecule has 0 spiro atoms. The second-order valence-corrected chi connectivity index (χ2v) is 5.76. The first kappa shape index (κ1) is 16.2. The van der Waals surface area contributed by atoms with Gasteiger partial charge in [0.05, 0.1) is 0 Å². The summed E-state index contributed by atoms with van der Waals surface area (Å²) in [6.07, 6.45) is 0.690. The van der Waals surface area contributed by atoms with Crippen molar-refractivity contribution < 1.29 is 9.59 Å². The molecule has 2 aromatic rings. The van der Waals surface area contributed by atoms with Crippen molar-refractivity contribution in [1.29, 1.82) is 0 Å². The third kappa shape index (κ3) is 4.70. The minimum absolute atomic E-state index is 0.424. The van der Waals surface area contributed by atoms with Crippen molar-refractivity contribution in [3.63, 3.8) is 0 Å². The van der Waals surface area contributed by atoms with Crippen LogP contribution in [0.5, 0.6) is 0 Å². The first-order valence-electron chi connectivity index (χ1n) is 6.95. The van der Waals surface area contributed by atoms with E-state index in [2.05, 4.69) is 26.6 Å². The summed E-state index contributed by atoms with van der Waals surface area (Å²) in [4.78, 5) is 23.6. The van der Waals surface area contributed by atoms with Gasteiger partial charge in [0.15, 0.2) is 0 Å². The zero-order valence-electron chi connectivity index (χ0n) is 12.2. The van der Waals surface area contributed by atoms with Crippen LogP contribution in [-0.4, -0.2) is 18.4 Å². The van der Waals surface area contributed by atoms with Crippen LogP contribution in [0.25, 0.3) is 0 Å². The monoisotopic (exact) mass is 360 g/mol. The number of rotatable bonds is 4. The third-order valence-corrected chi connectivity index (χ3v) is 4.03. The van der Waals surface area contributed by atoms with E-state index in [4.69, 9.17) is 0 Å². The molecule has 0 bridgehead atoms. The van der Waals surface area contributed by atoms with E-state index in [1.165, 1.54) is 0 Å². The van der Waals surface area contributed by atoms with E-state index in [0.29, 0.717) is 18.7 Å². The van der Waals surface area contributed by atoms with Crippen LogP contribution in [0, 0.1) is 6.92 Å². The Morgan fingerprint density at radius 1 is 1.05 bits per heavy atom. The SMILES string of the molecule is Cc1ccc(NC(=O)C(=O)NCCc2ccccc2)cc1Br. The van der Waals surface area contributed by atoms with Gasteiger partial charge in [-0.2, -0.15) is 0 Å². The smallest absolute Gasteiger partial charge is 0.313 e. The molecule has 4 nitrogen and oxygen atoms in total. The Morgan fingerprint density at radius 2 is 1.77 bits per heavy atom. The standard InChI is InChI=1S/C17H17BrN2O2/c1-12-7-8-14(11-15(12)18)20-17(22)16(21)19-10-9-13-5-3-2-4-6-13/h2-8,11H,9-10H2,1H3,(H,19,21)(H,20,22). The predicted molar refractivity (Wildman–Crippen MR) is 90.7 cm³/mol. The first-order valence-corrected chi connectivity index (χ1v) is 7.75. The van der Waals surface area contributed by atoms with Crippen LogP contribution in [0.4, 0.5) is 5.69 Å². The quantitative estimate of drug-likeness (QED) is 0.823. The molecular weight excluding hydrogens is 344 g/mol. The zero-order valence-corrected chi connectivity index (χ0v) is 13.8. The fourth-order valence-corrected chi connectivity index (χ4v) is 2.28. The molecule has 0 aliphatic carbocycles. The summed E-state index contributed by atoms with van der Waals surface area (Å²) in [6.45, 7) is 2.37. The highest BCUT2D eigenvalue weighted by Crippen LogP contribution is 2.20. The molecule has 0 aromatic heterocycles. The van der Waals surface area contributed by atoms with Gasteiger partial charge in [0, 0.05) is 16.7 Å². The van der Waals surface area contributed by atoms with Crippen molar-refractivity contribution in [3.05, 3.63) is 64.1 Å². The van der Waals surface area contributed by atoms with Gasteiger partial charge < -0.3 is 10.6 Å². The van der Waals surface area contributed by atoms with Gasteiger partial charge in [-0.05, 0) is 36.6 Å². The molecule has 0 saturated heterocycles. The molecule has 2 rings (SSSR count). The molecule has 22 heavy (non-hydrogen) atoms. The molecule has 0 atom stereocenters.